The fourth-order valence-electron chi connectivity index (χ4n) is 3.05. The number of imidazole rings is 1. The van der Waals surface area contributed by atoms with E-state index in [2.05, 4.69) is 25.8 Å². The minimum atomic E-state index is -0.294. The van der Waals surface area contributed by atoms with Crippen molar-refractivity contribution >= 4 is 11.2 Å². The highest BCUT2D eigenvalue weighted by Gasteiger charge is 2.22. The number of hydrogen-bond acceptors (Lipinski definition) is 3. The highest BCUT2D eigenvalue weighted by Crippen LogP contribution is 2.07. The molecule has 0 saturated carbocycles. The largest absolute Gasteiger partial charge is 1.00 e. The number of aromatic nitrogens is 4. The highest BCUT2D eigenvalue weighted by atomic mass is 79.9. The van der Waals surface area contributed by atoms with E-state index < -0.39 is 0 Å². The van der Waals surface area contributed by atoms with Crippen LogP contribution < -0.4 is 28.2 Å². The lowest BCUT2D eigenvalue weighted by Crippen LogP contribution is -3.00. The Morgan fingerprint density at radius 3 is 2.17 bits per heavy atom. The summed E-state index contributed by atoms with van der Waals surface area (Å²) in [7, 11) is 3.44. The fraction of sp³-hybridized carbons (Fsp3) is 0.667. The van der Waals surface area contributed by atoms with Gasteiger partial charge in [0, 0.05) is 14.1 Å². The number of halogens is 1. The lowest BCUT2D eigenvalue weighted by atomic mass is 10.3. The summed E-state index contributed by atoms with van der Waals surface area (Å²) >= 11 is 0. The molecule has 0 N–H and O–H groups in total. The van der Waals surface area contributed by atoms with E-state index in [9.17, 15) is 9.59 Å². The molecule has 2 rings (SSSR count). The quantitative estimate of drug-likeness (QED) is 0.507. The van der Waals surface area contributed by atoms with Crippen LogP contribution in [-0.2, 0) is 20.6 Å². The Balaban J connectivity index is 0.00000264. The van der Waals surface area contributed by atoms with Crippen molar-refractivity contribution in [2.75, 3.05) is 26.2 Å². The summed E-state index contributed by atoms with van der Waals surface area (Å²) in [5, 5.41) is 0. The van der Waals surface area contributed by atoms with Crippen LogP contribution in [0.1, 0.15) is 20.8 Å². The molecule has 0 fully saturated rings. The molecule has 0 bridgehead atoms. The topological polar surface area (TPSA) is 61.8 Å². The van der Waals surface area contributed by atoms with Crippen molar-refractivity contribution in [1.82, 2.24) is 18.7 Å². The van der Waals surface area contributed by atoms with Gasteiger partial charge in [0.05, 0.1) is 39.1 Å². The SMILES string of the molecule is CC[N+](CC)(CC)CCn1c(=O)c2c(ncn2C)n(C)c1=O.[Br-]. The Hall–Kier alpha value is -1.41. The molecule has 0 aliphatic carbocycles. The summed E-state index contributed by atoms with van der Waals surface area (Å²) in [6, 6.07) is 0. The van der Waals surface area contributed by atoms with Crippen LogP contribution in [0, 0.1) is 0 Å². The Morgan fingerprint density at radius 2 is 1.65 bits per heavy atom. The van der Waals surface area contributed by atoms with Gasteiger partial charge in [0.1, 0.15) is 0 Å². The average Bonchev–Trinajstić information content (AvgIpc) is 2.91. The number of fused-ring (bicyclic) bond motifs is 1. The number of aryl methyl sites for hydroxylation is 2. The van der Waals surface area contributed by atoms with Gasteiger partial charge in [0.25, 0.3) is 5.56 Å². The lowest BCUT2D eigenvalue weighted by Gasteiger charge is -2.35. The zero-order valence-corrected chi connectivity index (χ0v) is 16.1. The second-order valence-electron chi connectivity index (χ2n) is 5.84. The Bertz CT molecular complexity index is 777. The van der Waals surface area contributed by atoms with Crippen molar-refractivity contribution in [1.29, 1.82) is 0 Å². The number of hydrogen-bond donors (Lipinski definition) is 0. The van der Waals surface area contributed by atoms with E-state index in [0.717, 1.165) is 30.7 Å². The predicted octanol–water partition coefficient (Wildman–Crippen LogP) is -2.69. The van der Waals surface area contributed by atoms with Crippen LogP contribution in [0.15, 0.2) is 15.9 Å². The first-order valence-corrected chi connectivity index (χ1v) is 7.86. The molecule has 23 heavy (non-hydrogen) atoms. The van der Waals surface area contributed by atoms with Gasteiger partial charge in [-0.1, -0.05) is 0 Å². The molecule has 0 atom stereocenters. The van der Waals surface area contributed by atoms with E-state index in [1.807, 2.05) is 0 Å². The zero-order valence-electron chi connectivity index (χ0n) is 14.5. The molecule has 0 spiro atoms. The third-order valence-electron chi connectivity index (χ3n) is 5.01. The molecule has 8 heteroatoms. The van der Waals surface area contributed by atoms with Crippen LogP contribution in [-0.4, -0.2) is 49.3 Å². The van der Waals surface area contributed by atoms with E-state index in [1.54, 1.807) is 25.0 Å². The number of likely N-dealkylation sites (N-methyl/N-ethyl adjacent to an activating group) is 1. The highest BCUT2D eigenvalue weighted by molar-refractivity contribution is 5.69. The van der Waals surface area contributed by atoms with Crippen LogP contribution in [0.2, 0.25) is 0 Å². The molecule has 0 aliphatic heterocycles. The van der Waals surface area contributed by atoms with Gasteiger partial charge in [0.2, 0.25) is 0 Å². The normalized spacial score (nSPS) is 11.7. The monoisotopic (exact) mass is 387 g/mol. The first-order chi connectivity index (χ1) is 10.4. The number of nitrogens with zero attached hydrogens (tertiary/aromatic N) is 5. The Morgan fingerprint density at radius 1 is 1.09 bits per heavy atom. The van der Waals surface area contributed by atoms with Crippen LogP contribution >= 0.6 is 0 Å². The van der Waals surface area contributed by atoms with Crippen molar-refractivity contribution in [2.45, 2.75) is 27.3 Å². The van der Waals surface area contributed by atoms with Crippen molar-refractivity contribution in [3.8, 4) is 0 Å². The maximum absolute atomic E-state index is 12.6. The first-order valence-electron chi connectivity index (χ1n) is 7.86. The molecule has 0 unspecified atom stereocenters. The van der Waals surface area contributed by atoms with Gasteiger partial charge in [-0.3, -0.25) is 13.9 Å². The second kappa shape index (κ2) is 7.44. The molecule has 2 aromatic rings. The third kappa shape index (κ3) is 3.28. The molecule has 0 saturated heterocycles. The fourth-order valence-corrected chi connectivity index (χ4v) is 3.05. The van der Waals surface area contributed by atoms with Gasteiger partial charge in [0.15, 0.2) is 11.2 Å². The predicted molar refractivity (Wildman–Crippen MR) is 87.0 cm³/mol. The van der Waals surface area contributed by atoms with Crippen molar-refractivity contribution < 1.29 is 21.5 Å². The maximum atomic E-state index is 12.6. The smallest absolute Gasteiger partial charge is 0.332 e. The van der Waals surface area contributed by atoms with E-state index in [4.69, 9.17) is 0 Å². The van der Waals surface area contributed by atoms with Gasteiger partial charge in [-0.2, -0.15) is 0 Å². The summed E-state index contributed by atoms with van der Waals surface area (Å²) in [5.74, 6) is 0. The Labute approximate surface area is 146 Å². The molecule has 7 nitrogen and oxygen atoms in total. The average molecular weight is 388 g/mol. The summed E-state index contributed by atoms with van der Waals surface area (Å²) in [6.45, 7) is 10.7. The molecular formula is C15H26BrN5O2. The van der Waals surface area contributed by atoms with Crippen LogP contribution in [0.4, 0.5) is 0 Å². The van der Waals surface area contributed by atoms with Gasteiger partial charge < -0.3 is 26.0 Å². The second-order valence-corrected chi connectivity index (χ2v) is 5.84. The summed E-state index contributed by atoms with van der Waals surface area (Å²) < 4.78 is 5.38. The van der Waals surface area contributed by atoms with E-state index in [-0.39, 0.29) is 28.2 Å². The molecule has 0 aliphatic rings. The molecular weight excluding hydrogens is 362 g/mol. The van der Waals surface area contributed by atoms with E-state index in [1.165, 1.54) is 9.13 Å². The molecule has 2 heterocycles. The van der Waals surface area contributed by atoms with Gasteiger partial charge in [-0.05, 0) is 20.8 Å². The van der Waals surface area contributed by atoms with Gasteiger partial charge in [-0.15, -0.1) is 0 Å². The number of rotatable bonds is 6. The zero-order chi connectivity index (χ0) is 16.5. The van der Waals surface area contributed by atoms with Crippen molar-refractivity contribution in [2.24, 2.45) is 14.1 Å². The lowest BCUT2D eigenvalue weighted by molar-refractivity contribution is -0.923. The minimum Gasteiger partial charge on any atom is -1.00 e. The van der Waals surface area contributed by atoms with Crippen LogP contribution in [0.3, 0.4) is 0 Å². The van der Waals surface area contributed by atoms with E-state index >= 15 is 0 Å². The molecule has 0 aromatic carbocycles. The summed E-state index contributed by atoms with van der Waals surface area (Å²) in [6.07, 6.45) is 1.57. The summed E-state index contributed by atoms with van der Waals surface area (Å²) in [4.78, 5) is 29.3. The molecule has 2 aromatic heterocycles. The molecule has 0 radical (unpaired) electrons. The minimum absolute atomic E-state index is 0. The standard InChI is InChI=1S/C15H26N5O2.BrH/c1-6-20(7-2,8-3)10-9-19-14(21)12-13(16-11-17(12)4)18(5)15(19)22;/h11H,6-10H2,1-5H3;1H/q+1;/p-1. The van der Waals surface area contributed by atoms with Gasteiger partial charge >= 0.3 is 5.69 Å². The van der Waals surface area contributed by atoms with E-state index in [0.29, 0.717) is 17.7 Å². The van der Waals surface area contributed by atoms with Crippen molar-refractivity contribution in [3.63, 3.8) is 0 Å². The first kappa shape index (κ1) is 19.6. The summed E-state index contributed by atoms with van der Waals surface area (Å²) in [5.41, 5.74) is 0.373. The van der Waals surface area contributed by atoms with Gasteiger partial charge in [-0.25, -0.2) is 9.78 Å². The molecule has 0 amide bonds. The molecule has 130 valence electrons. The van der Waals surface area contributed by atoms with Crippen molar-refractivity contribution in [3.05, 3.63) is 27.2 Å². The maximum Gasteiger partial charge on any atom is 0.332 e. The Kier molecular flexibility index (Phi) is 6.35. The number of quaternary nitrogens is 1. The van der Waals surface area contributed by atoms with Crippen LogP contribution in [0.5, 0.6) is 0 Å². The van der Waals surface area contributed by atoms with Crippen LogP contribution in [0.25, 0.3) is 11.2 Å². The third-order valence-corrected chi connectivity index (χ3v) is 5.01.